The predicted octanol–water partition coefficient (Wildman–Crippen LogP) is 8.05. The summed E-state index contributed by atoms with van der Waals surface area (Å²) in [6.07, 6.45) is 8.31. The summed E-state index contributed by atoms with van der Waals surface area (Å²) in [5.41, 5.74) is 4.00. The second-order valence-corrected chi connectivity index (χ2v) is 9.34. The highest BCUT2D eigenvalue weighted by Crippen LogP contribution is 2.29. The Morgan fingerprint density at radius 3 is 1.67 bits per heavy atom. The van der Waals surface area contributed by atoms with Gasteiger partial charge in [0.05, 0.1) is 24.5 Å². The number of ether oxygens (including phenoxy) is 2. The van der Waals surface area contributed by atoms with E-state index in [1.165, 1.54) is 21.8 Å². The molecule has 0 saturated carbocycles. The molecular weight excluding hydrogens is 484 g/mol. The van der Waals surface area contributed by atoms with Crippen LogP contribution >= 0.6 is 0 Å². The van der Waals surface area contributed by atoms with E-state index in [0.717, 1.165) is 42.5 Å². The molecule has 4 aromatic carbocycles. The molecule has 0 saturated heterocycles. The van der Waals surface area contributed by atoms with Gasteiger partial charge in [0.1, 0.15) is 24.7 Å². The van der Waals surface area contributed by atoms with Gasteiger partial charge in [-0.15, -0.1) is 0 Å². The summed E-state index contributed by atoms with van der Waals surface area (Å²) in [4.78, 5) is 2.21. The maximum absolute atomic E-state index is 6.06. The number of fused-ring (bicyclic) bond motifs is 3. The summed E-state index contributed by atoms with van der Waals surface area (Å²) >= 11 is 0. The molecule has 5 aromatic rings. The molecule has 1 aliphatic heterocycles. The molecule has 6 rings (SSSR count). The van der Waals surface area contributed by atoms with Crippen LogP contribution in [0.15, 0.2) is 132 Å². The normalized spacial score (nSPS) is 13.1. The van der Waals surface area contributed by atoms with Crippen molar-refractivity contribution in [2.24, 2.45) is 10.2 Å². The van der Waals surface area contributed by atoms with Crippen LogP contribution < -0.4 is 9.47 Å². The number of hydrogen-bond acceptors (Lipinski definition) is 5. The minimum Gasteiger partial charge on any atom is -0.492 e. The largest absolute Gasteiger partial charge is 0.492 e. The van der Waals surface area contributed by atoms with E-state index in [1.54, 1.807) is 0 Å². The Morgan fingerprint density at radius 1 is 0.590 bits per heavy atom. The summed E-state index contributed by atoms with van der Waals surface area (Å²) in [6, 6.07) is 32.4. The smallest absolute Gasteiger partial charge is 0.119 e. The molecule has 1 aromatic heterocycles. The zero-order valence-electron chi connectivity index (χ0n) is 21.7. The van der Waals surface area contributed by atoms with Crippen molar-refractivity contribution in [3.05, 3.63) is 121 Å². The first kappa shape index (κ1) is 24.5. The fraction of sp³-hybridized carbons (Fsp3) is 0.152. The zero-order valence-corrected chi connectivity index (χ0v) is 21.7. The highest BCUT2D eigenvalue weighted by Gasteiger charge is 2.09. The fourth-order valence-electron chi connectivity index (χ4n) is 4.79. The number of hydrogen-bond donors (Lipinski definition) is 0. The summed E-state index contributed by atoms with van der Waals surface area (Å²) in [5.74, 6) is 1.64. The molecule has 0 aliphatic carbocycles. The predicted molar refractivity (Wildman–Crippen MR) is 157 cm³/mol. The van der Waals surface area contributed by atoms with Gasteiger partial charge in [-0.05, 0) is 72.9 Å². The highest BCUT2D eigenvalue weighted by molar-refractivity contribution is 6.07. The Morgan fingerprint density at radius 2 is 1.13 bits per heavy atom. The van der Waals surface area contributed by atoms with Crippen molar-refractivity contribution in [1.29, 1.82) is 0 Å². The van der Waals surface area contributed by atoms with E-state index in [4.69, 9.17) is 9.47 Å². The molecule has 2 heterocycles. The van der Waals surface area contributed by atoms with Crippen molar-refractivity contribution in [2.45, 2.75) is 6.54 Å². The van der Waals surface area contributed by atoms with Crippen LogP contribution in [0.25, 0.3) is 21.8 Å². The molecule has 0 bridgehead atoms. The molecule has 1 aliphatic rings. The van der Waals surface area contributed by atoms with Crippen molar-refractivity contribution in [1.82, 2.24) is 9.47 Å². The van der Waals surface area contributed by atoms with Crippen molar-refractivity contribution >= 4 is 33.2 Å². The van der Waals surface area contributed by atoms with Gasteiger partial charge < -0.3 is 18.9 Å². The van der Waals surface area contributed by atoms with Gasteiger partial charge in [-0.2, -0.15) is 10.2 Å². The van der Waals surface area contributed by atoms with Gasteiger partial charge in [-0.25, -0.2) is 0 Å². The Bertz CT molecular complexity index is 1580. The van der Waals surface area contributed by atoms with Crippen LogP contribution in [-0.2, 0) is 6.54 Å². The average Bonchev–Trinajstić information content (AvgIpc) is 3.32. The van der Waals surface area contributed by atoms with Crippen molar-refractivity contribution in [3.63, 3.8) is 0 Å². The topological polar surface area (TPSA) is 51.4 Å². The minimum atomic E-state index is 0.573. The van der Waals surface area contributed by atoms with Gasteiger partial charge in [0.15, 0.2) is 0 Å². The average molecular weight is 515 g/mol. The monoisotopic (exact) mass is 514 g/mol. The number of para-hydroxylation sites is 2. The Kier molecular flexibility index (Phi) is 7.34. The lowest BCUT2D eigenvalue weighted by atomic mass is 10.2. The molecule has 6 nitrogen and oxygen atoms in total. The Hall–Kier alpha value is -4.84. The SMILES string of the molecule is C1=CCN(CCOc2ccc(N=Nc3ccc(OCCn4c5ccccc5c5ccccc54)cc3)cc2)C=C1. The summed E-state index contributed by atoms with van der Waals surface area (Å²) < 4.78 is 14.2. The first-order valence-electron chi connectivity index (χ1n) is 13.2. The number of benzene rings is 4. The zero-order chi connectivity index (χ0) is 26.3. The summed E-state index contributed by atoms with van der Waals surface area (Å²) in [5, 5.41) is 11.3. The van der Waals surface area contributed by atoms with E-state index in [-0.39, 0.29) is 0 Å². The summed E-state index contributed by atoms with van der Waals surface area (Å²) in [6.45, 7) is 3.74. The Labute approximate surface area is 228 Å². The van der Waals surface area contributed by atoms with Crippen LogP contribution in [0, 0.1) is 0 Å². The maximum atomic E-state index is 6.06. The van der Waals surface area contributed by atoms with E-state index < -0.39 is 0 Å². The molecule has 6 heteroatoms. The number of rotatable bonds is 10. The summed E-state index contributed by atoms with van der Waals surface area (Å²) in [7, 11) is 0. The first-order chi connectivity index (χ1) is 19.3. The number of aromatic nitrogens is 1. The van der Waals surface area contributed by atoms with E-state index in [0.29, 0.717) is 13.2 Å². The van der Waals surface area contributed by atoms with Crippen molar-refractivity contribution in [2.75, 3.05) is 26.3 Å². The van der Waals surface area contributed by atoms with Gasteiger partial charge in [0, 0.05) is 28.4 Å². The van der Waals surface area contributed by atoms with E-state index in [2.05, 4.69) is 86.6 Å². The fourth-order valence-corrected chi connectivity index (χ4v) is 4.79. The molecule has 0 radical (unpaired) electrons. The molecule has 39 heavy (non-hydrogen) atoms. The van der Waals surface area contributed by atoms with Crippen LogP contribution in [0.5, 0.6) is 11.5 Å². The lowest BCUT2D eigenvalue weighted by Gasteiger charge is -2.20. The van der Waals surface area contributed by atoms with Crippen LogP contribution in [0.1, 0.15) is 0 Å². The van der Waals surface area contributed by atoms with Crippen LogP contribution in [0.2, 0.25) is 0 Å². The molecule has 0 atom stereocenters. The number of nitrogens with zero attached hydrogens (tertiary/aromatic N) is 4. The number of allylic oxidation sites excluding steroid dienone is 2. The lowest BCUT2D eigenvalue weighted by molar-refractivity contribution is 0.263. The van der Waals surface area contributed by atoms with Crippen molar-refractivity contribution in [3.8, 4) is 11.5 Å². The van der Waals surface area contributed by atoms with E-state index >= 15 is 0 Å². The van der Waals surface area contributed by atoms with Crippen molar-refractivity contribution < 1.29 is 9.47 Å². The standard InChI is InChI=1S/C33H30N4O2/c1-6-20-36(21-7-1)22-24-38-28-16-12-26(13-17-28)34-35-27-14-18-29(19-15-27)39-25-23-37-32-10-4-2-8-30(32)31-9-3-5-11-33(31)37/h1-20H,21-25H2. The quantitative estimate of drug-likeness (QED) is 0.177. The molecular formula is C33H30N4O2. The minimum absolute atomic E-state index is 0.573. The highest BCUT2D eigenvalue weighted by atomic mass is 16.5. The van der Waals surface area contributed by atoms with Crippen LogP contribution in [0.3, 0.4) is 0 Å². The second-order valence-electron chi connectivity index (χ2n) is 9.34. The van der Waals surface area contributed by atoms with Gasteiger partial charge >= 0.3 is 0 Å². The van der Waals surface area contributed by atoms with Crippen LogP contribution in [-0.4, -0.2) is 35.8 Å². The van der Waals surface area contributed by atoms with E-state index in [9.17, 15) is 0 Å². The van der Waals surface area contributed by atoms with Gasteiger partial charge in [0.2, 0.25) is 0 Å². The molecule has 0 N–H and O–H groups in total. The number of azo groups is 1. The molecule has 0 spiro atoms. The molecule has 0 fully saturated rings. The van der Waals surface area contributed by atoms with Gasteiger partial charge in [-0.1, -0.05) is 48.6 Å². The maximum Gasteiger partial charge on any atom is 0.119 e. The molecule has 194 valence electrons. The van der Waals surface area contributed by atoms with Gasteiger partial charge in [-0.3, -0.25) is 0 Å². The Balaban J connectivity index is 1.00. The second kappa shape index (κ2) is 11.7. The third kappa shape index (κ3) is 5.85. The third-order valence-corrected chi connectivity index (χ3v) is 6.75. The van der Waals surface area contributed by atoms with Gasteiger partial charge in [0.25, 0.3) is 0 Å². The first-order valence-corrected chi connectivity index (χ1v) is 13.2. The molecule has 0 unspecified atom stereocenters. The third-order valence-electron chi connectivity index (χ3n) is 6.75. The van der Waals surface area contributed by atoms with E-state index in [1.807, 2.05) is 54.6 Å². The lowest BCUT2D eigenvalue weighted by Crippen LogP contribution is -2.24. The molecule has 0 amide bonds. The van der Waals surface area contributed by atoms with Crippen LogP contribution in [0.4, 0.5) is 11.4 Å².